The average molecular weight is 448 g/mol. The van der Waals surface area contributed by atoms with Crippen LogP contribution in [0.5, 0.6) is 0 Å². The van der Waals surface area contributed by atoms with Crippen LogP contribution in [0.1, 0.15) is 35.0 Å². The number of rotatable bonds is 4. The molecule has 1 aromatic heterocycles. The van der Waals surface area contributed by atoms with Crippen molar-refractivity contribution < 1.29 is 17.6 Å². The molecule has 30 heavy (non-hydrogen) atoms. The molecule has 0 spiro atoms. The van der Waals surface area contributed by atoms with Crippen molar-refractivity contribution in [1.29, 1.82) is 0 Å². The number of piperidine rings is 1. The van der Waals surface area contributed by atoms with E-state index in [1.807, 2.05) is 24.3 Å². The van der Waals surface area contributed by atoms with Gasteiger partial charge in [-0.15, -0.1) is 0 Å². The number of carbonyl (C=O) groups excluding carboxylic acids is 1. The van der Waals surface area contributed by atoms with Crippen molar-refractivity contribution in [3.05, 3.63) is 58.9 Å². The van der Waals surface area contributed by atoms with E-state index in [4.69, 9.17) is 16.0 Å². The van der Waals surface area contributed by atoms with E-state index in [9.17, 15) is 13.2 Å². The van der Waals surface area contributed by atoms with Gasteiger partial charge in [-0.3, -0.25) is 4.79 Å². The molecule has 0 aliphatic carbocycles. The Morgan fingerprint density at radius 1 is 1.23 bits per heavy atom. The topological polar surface area (TPSA) is 83.7 Å². The van der Waals surface area contributed by atoms with Gasteiger partial charge in [-0.1, -0.05) is 23.7 Å². The van der Waals surface area contributed by atoms with Gasteiger partial charge in [0.15, 0.2) is 11.5 Å². The van der Waals surface area contributed by atoms with E-state index in [2.05, 4.69) is 4.98 Å². The second kappa shape index (κ2) is 8.02. The van der Waals surface area contributed by atoms with Crippen molar-refractivity contribution in [2.24, 2.45) is 0 Å². The molecule has 1 aliphatic rings. The molecule has 2 heterocycles. The quantitative estimate of drug-likeness (QED) is 0.608. The molecule has 9 heteroatoms. The highest BCUT2D eigenvalue weighted by Gasteiger charge is 2.30. The molecule has 1 amide bonds. The van der Waals surface area contributed by atoms with Crippen molar-refractivity contribution >= 4 is 38.6 Å². The third kappa shape index (κ3) is 3.82. The summed E-state index contributed by atoms with van der Waals surface area (Å²) in [5, 5.41) is 0.224. The molecular weight excluding hydrogens is 426 g/mol. The van der Waals surface area contributed by atoms with Crippen LogP contribution in [0.2, 0.25) is 5.02 Å². The van der Waals surface area contributed by atoms with Crippen molar-refractivity contribution in [3.63, 3.8) is 0 Å². The molecule has 1 fully saturated rings. The minimum atomic E-state index is -3.67. The molecule has 1 atom stereocenters. The normalized spacial score (nSPS) is 17.6. The van der Waals surface area contributed by atoms with Gasteiger partial charge in [0.05, 0.1) is 21.4 Å². The Balaban J connectivity index is 1.60. The number of amides is 1. The minimum absolute atomic E-state index is 0.0254. The number of halogens is 1. The summed E-state index contributed by atoms with van der Waals surface area (Å²) in [7, 11) is -0.779. The van der Waals surface area contributed by atoms with Crippen molar-refractivity contribution in [2.75, 3.05) is 27.2 Å². The summed E-state index contributed by atoms with van der Waals surface area (Å²) >= 11 is 6.26. The standard InChI is InChI=1S/C21H22ClN3O4S/c1-24(2)30(27,28)15-9-10-17(22)16(12-15)21(26)25-11-5-6-14(13-25)20-23-18-7-3-4-8-19(18)29-20/h3-4,7-10,12,14H,5-6,11,13H2,1-2H3. The Morgan fingerprint density at radius 2 is 2.00 bits per heavy atom. The monoisotopic (exact) mass is 447 g/mol. The molecule has 2 aromatic carbocycles. The maximum Gasteiger partial charge on any atom is 0.255 e. The summed E-state index contributed by atoms with van der Waals surface area (Å²) in [5.41, 5.74) is 1.69. The van der Waals surface area contributed by atoms with Gasteiger partial charge in [-0.05, 0) is 43.2 Å². The zero-order valence-corrected chi connectivity index (χ0v) is 18.3. The number of para-hydroxylation sites is 2. The van der Waals surface area contributed by atoms with E-state index in [0.29, 0.717) is 19.0 Å². The van der Waals surface area contributed by atoms with Crippen LogP contribution in [0.4, 0.5) is 0 Å². The highest BCUT2D eigenvalue weighted by atomic mass is 35.5. The molecule has 1 saturated heterocycles. The molecule has 158 valence electrons. The molecular formula is C21H22ClN3O4S. The fourth-order valence-electron chi connectivity index (χ4n) is 3.64. The number of carbonyl (C=O) groups is 1. The van der Waals surface area contributed by atoms with Gasteiger partial charge in [0, 0.05) is 27.2 Å². The average Bonchev–Trinajstić information content (AvgIpc) is 3.18. The lowest BCUT2D eigenvalue weighted by atomic mass is 9.97. The zero-order chi connectivity index (χ0) is 21.5. The van der Waals surface area contributed by atoms with Crippen molar-refractivity contribution in [2.45, 2.75) is 23.7 Å². The maximum absolute atomic E-state index is 13.2. The Morgan fingerprint density at radius 3 is 2.73 bits per heavy atom. The van der Waals surface area contributed by atoms with E-state index in [1.165, 1.54) is 32.3 Å². The predicted octanol–water partition coefficient (Wildman–Crippen LogP) is 3.75. The largest absolute Gasteiger partial charge is 0.440 e. The smallest absolute Gasteiger partial charge is 0.255 e. The van der Waals surface area contributed by atoms with Gasteiger partial charge in [0.2, 0.25) is 10.0 Å². The van der Waals surface area contributed by atoms with Crippen LogP contribution in [0.15, 0.2) is 51.8 Å². The van der Waals surface area contributed by atoms with E-state index >= 15 is 0 Å². The predicted molar refractivity (Wildman–Crippen MR) is 114 cm³/mol. The van der Waals surface area contributed by atoms with Crippen LogP contribution in [0.25, 0.3) is 11.1 Å². The fourth-order valence-corrected chi connectivity index (χ4v) is 4.76. The van der Waals surface area contributed by atoms with Gasteiger partial charge >= 0.3 is 0 Å². The Labute approximate surface area is 180 Å². The minimum Gasteiger partial charge on any atom is -0.440 e. The number of nitrogens with zero attached hydrogens (tertiary/aromatic N) is 3. The molecule has 0 N–H and O–H groups in total. The maximum atomic E-state index is 13.2. The lowest BCUT2D eigenvalue weighted by Crippen LogP contribution is -2.39. The number of sulfonamides is 1. The third-order valence-electron chi connectivity index (χ3n) is 5.32. The molecule has 4 rings (SSSR count). The van der Waals surface area contributed by atoms with Crippen LogP contribution >= 0.6 is 11.6 Å². The number of fused-ring (bicyclic) bond motifs is 1. The number of oxazole rings is 1. The summed E-state index contributed by atoms with van der Waals surface area (Å²) in [6, 6.07) is 11.8. The van der Waals surface area contributed by atoms with Gasteiger partial charge in [-0.25, -0.2) is 17.7 Å². The first-order valence-electron chi connectivity index (χ1n) is 9.64. The molecule has 0 saturated carbocycles. The van der Waals surface area contributed by atoms with E-state index in [-0.39, 0.29) is 27.3 Å². The van der Waals surface area contributed by atoms with Gasteiger partial charge < -0.3 is 9.32 Å². The summed E-state index contributed by atoms with van der Waals surface area (Å²) in [6.45, 7) is 1.00. The van der Waals surface area contributed by atoms with Crippen LogP contribution in [0.3, 0.4) is 0 Å². The molecule has 7 nitrogen and oxygen atoms in total. The van der Waals surface area contributed by atoms with Gasteiger partial charge in [0.1, 0.15) is 5.52 Å². The molecule has 3 aromatic rings. The molecule has 0 radical (unpaired) electrons. The molecule has 0 bridgehead atoms. The second-order valence-electron chi connectivity index (χ2n) is 7.54. The first-order valence-corrected chi connectivity index (χ1v) is 11.5. The highest BCUT2D eigenvalue weighted by molar-refractivity contribution is 7.89. The van der Waals surface area contributed by atoms with Crippen molar-refractivity contribution in [3.8, 4) is 0 Å². The first-order chi connectivity index (χ1) is 14.3. The van der Waals surface area contributed by atoms with Crippen LogP contribution in [0, 0.1) is 0 Å². The zero-order valence-electron chi connectivity index (χ0n) is 16.7. The number of aromatic nitrogens is 1. The summed E-state index contributed by atoms with van der Waals surface area (Å²) < 4.78 is 31.9. The number of hydrogen-bond acceptors (Lipinski definition) is 5. The van der Waals surface area contributed by atoms with Crippen LogP contribution in [-0.2, 0) is 10.0 Å². The summed E-state index contributed by atoms with van der Waals surface area (Å²) in [6.07, 6.45) is 1.65. The van der Waals surface area contributed by atoms with E-state index in [0.717, 1.165) is 28.2 Å². The van der Waals surface area contributed by atoms with Crippen LogP contribution in [-0.4, -0.2) is 55.7 Å². The number of hydrogen-bond donors (Lipinski definition) is 0. The second-order valence-corrected chi connectivity index (χ2v) is 10.1. The van der Waals surface area contributed by atoms with Gasteiger partial charge in [0.25, 0.3) is 5.91 Å². The number of likely N-dealkylation sites (tertiary alicyclic amines) is 1. The molecule has 1 aliphatic heterocycles. The summed E-state index contributed by atoms with van der Waals surface area (Å²) in [5.74, 6) is 0.294. The van der Waals surface area contributed by atoms with E-state index in [1.54, 1.807) is 4.90 Å². The Hall–Kier alpha value is -2.42. The highest BCUT2D eigenvalue weighted by Crippen LogP contribution is 2.31. The first kappa shape index (κ1) is 20.8. The third-order valence-corrected chi connectivity index (χ3v) is 7.46. The lowest BCUT2D eigenvalue weighted by molar-refractivity contribution is 0.0699. The van der Waals surface area contributed by atoms with E-state index < -0.39 is 10.0 Å². The fraction of sp³-hybridized carbons (Fsp3) is 0.333. The molecule has 1 unspecified atom stereocenters. The lowest BCUT2D eigenvalue weighted by Gasteiger charge is -2.31. The van der Waals surface area contributed by atoms with Gasteiger partial charge in [-0.2, -0.15) is 0 Å². The summed E-state index contributed by atoms with van der Waals surface area (Å²) in [4.78, 5) is 19.5. The van der Waals surface area contributed by atoms with Crippen molar-refractivity contribution in [1.82, 2.24) is 14.2 Å². The van der Waals surface area contributed by atoms with Crippen LogP contribution < -0.4 is 0 Å². The Bertz CT molecular complexity index is 1170. The Kier molecular flexibility index (Phi) is 5.57. The number of benzene rings is 2. The SMILES string of the molecule is CN(C)S(=O)(=O)c1ccc(Cl)c(C(=O)N2CCCC(c3nc4ccccc4o3)C2)c1.